The predicted octanol–water partition coefficient (Wildman–Crippen LogP) is 1.80. The standard InChI is InChI=1S/C14H18N2O2S/c1-16(14(19)15-10-6-7-10)8-11-9-17-12-4-2-3-5-13(12)18-11/h2-5,10-11H,6-9H2,1H3,(H,15,19). The van der Waals surface area contributed by atoms with Crippen molar-refractivity contribution in [2.45, 2.75) is 25.0 Å². The average molecular weight is 278 g/mol. The third-order valence-electron chi connectivity index (χ3n) is 3.30. The minimum Gasteiger partial charge on any atom is -0.486 e. The van der Waals surface area contributed by atoms with Crippen molar-refractivity contribution in [3.05, 3.63) is 24.3 Å². The van der Waals surface area contributed by atoms with Crippen LogP contribution in [0.3, 0.4) is 0 Å². The second kappa shape index (κ2) is 5.25. The number of ether oxygens (including phenoxy) is 2. The van der Waals surface area contributed by atoms with Crippen molar-refractivity contribution in [1.29, 1.82) is 0 Å². The number of nitrogens with zero attached hydrogens (tertiary/aromatic N) is 1. The molecule has 5 heteroatoms. The maximum Gasteiger partial charge on any atom is 0.169 e. The van der Waals surface area contributed by atoms with Crippen molar-refractivity contribution in [3.8, 4) is 11.5 Å². The highest BCUT2D eigenvalue weighted by Gasteiger charge is 2.26. The van der Waals surface area contributed by atoms with Crippen molar-refractivity contribution in [2.24, 2.45) is 0 Å². The molecule has 0 spiro atoms. The zero-order valence-corrected chi connectivity index (χ0v) is 11.8. The van der Waals surface area contributed by atoms with Gasteiger partial charge in [0.15, 0.2) is 22.7 Å². The number of hydrogen-bond donors (Lipinski definition) is 1. The van der Waals surface area contributed by atoms with Crippen LogP contribution in [-0.2, 0) is 0 Å². The van der Waals surface area contributed by atoms with Gasteiger partial charge in [-0.2, -0.15) is 0 Å². The Hall–Kier alpha value is -1.49. The van der Waals surface area contributed by atoms with Gasteiger partial charge in [-0.05, 0) is 37.2 Å². The van der Waals surface area contributed by atoms with Crippen molar-refractivity contribution < 1.29 is 9.47 Å². The molecule has 1 saturated carbocycles. The first-order valence-electron chi connectivity index (χ1n) is 6.62. The number of rotatable bonds is 3. The van der Waals surface area contributed by atoms with Gasteiger partial charge >= 0.3 is 0 Å². The summed E-state index contributed by atoms with van der Waals surface area (Å²) in [5.41, 5.74) is 0. The van der Waals surface area contributed by atoms with Gasteiger partial charge in [-0.15, -0.1) is 0 Å². The number of thiocarbonyl (C=S) groups is 1. The molecule has 0 bridgehead atoms. The molecule has 1 heterocycles. The van der Waals surface area contributed by atoms with E-state index in [9.17, 15) is 0 Å². The molecule has 1 aliphatic carbocycles. The Bertz CT molecular complexity index is 476. The molecule has 4 nitrogen and oxygen atoms in total. The molecule has 0 aromatic heterocycles. The fourth-order valence-electron chi connectivity index (χ4n) is 2.05. The number of benzene rings is 1. The van der Waals surface area contributed by atoms with Crippen LogP contribution in [0, 0.1) is 0 Å². The number of likely N-dealkylation sites (N-methyl/N-ethyl adjacent to an activating group) is 1. The van der Waals surface area contributed by atoms with E-state index in [0.29, 0.717) is 12.6 Å². The lowest BCUT2D eigenvalue weighted by atomic mass is 10.2. The van der Waals surface area contributed by atoms with E-state index in [2.05, 4.69) is 5.32 Å². The van der Waals surface area contributed by atoms with Gasteiger partial charge in [-0.25, -0.2) is 0 Å². The molecular weight excluding hydrogens is 260 g/mol. The van der Waals surface area contributed by atoms with E-state index in [1.54, 1.807) is 0 Å². The molecule has 1 aromatic carbocycles. The molecule has 1 atom stereocenters. The van der Waals surface area contributed by atoms with Gasteiger partial charge < -0.3 is 19.7 Å². The van der Waals surface area contributed by atoms with Gasteiger partial charge in [0.25, 0.3) is 0 Å². The molecule has 2 aliphatic rings. The highest BCUT2D eigenvalue weighted by molar-refractivity contribution is 7.80. The molecule has 1 aromatic rings. The second-order valence-electron chi connectivity index (χ2n) is 5.10. The SMILES string of the molecule is CN(CC1COc2ccccc2O1)C(=S)NC1CC1. The quantitative estimate of drug-likeness (QED) is 0.853. The highest BCUT2D eigenvalue weighted by atomic mass is 32.1. The minimum atomic E-state index is 0.0128. The minimum absolute atomic E-state index is 0.0128. The Labute approximate surface area is 118 Å². The van der Waals surface area contributed by atoms with Crippen LogP contribution in [0.25, 0.3) is 0 Å². The molecule has 102 valence electrons. The summed E-state index contributed by atoms with van der Waals surface area (Å²) < 4.78 is 11.6. The fourth-order valence-corrected chi connectivity index (χ4v) is 2.30. The third-order valence-corrected chi connectivity index (χ3v) is 3.73. The second-order valence-corrected chi connectivity index (χ2v) is 5.49. The summed E-state index contributed by atoms with van der Waals surface area (Å²) in [4.78, 5) is 2.02. The van der Waals surface area contributed by atoms with Crippen LogP contribution in [0.4, 0.5) is 0 Å². The Morgan fingerprint density at radius 3 is 2.84 bits per heavy atom. The largest absolute Gasteiger partial charge is 0.486 e. The van der Waals surface area contributed by atoms with Crippen LogP contribution in [0.5, 0.6) is 11.5 Å². The van der Waals surface area contributed by atoms with Crippen LogP contribution in [-0.4, -0.2) is 42.4 Å². The number of nitrogens with one attached hydrogen (secondary N) is 1. The molecule has 1 aliphatic heterocycles. The molecule has 1 fully saturated rings. The topological polar surface area (TPSA) is 33.7 Å². The van der Waals surface area contributed by atoms with Crippen LogP contribution >= 0.6 is 12.2 Å². The van der Waals surface area contributed by atoms with Crippen molar-refractivity contribution in [3.63, 3.8) is 0 Å². The van der Waals surface area contributed by atoms with Crippen molar-refractivity contribution in [1.82, 2.24) is 10.2 Å². The van der Waals surface area contributed by atoms with Gasteiger partial charge in [-0.3, -0.25) is 0 Å². The first-order valence-corrected chi connectivity index (χ1v) is 7.03. The first-order chi connectivity index (χ1) is 9.22. The van der Waals surface area contributed by atoms with Gasteiger partial charge in [0.2, 0.25) is 0 Å². The summed E-state index contributed by atoms with van der Waals surface area (Å²) in [6, 6.07) is 8.34. The number of para-hydroxylation sites is 2. The van der Waals surface area contributed by atoms with Gasteiger partial charge in [0, 0.05) is 13.1 Å². The monoisotopic (exact) mass is 278 g/mol. The molecule has 3 rings (SSSR count). The Balaban J connectivity index is 1.54. The van der Waals surface area contributed by atoms with Crippen LogP contribution < -0.4 is 14.8 Å². The maximum absolute atomic E-state index is 5.92. The molecule has 19 heavy (non-hydrogen) atoms. The van der Waals surface area contributed by atoms with Crippen LogP contribution in [0.2, 0.25) is 0 Å². The van der Waals surface area contributed by atoms with Crippen LogP contribution in [0.15, 0.2) is 24.3 Å². The molecule has 0 saturated heterocycles. The van der Waals surface area contributed by atoms with Crippen molar-refractivity contribution in [2.75, 3.05) is 20.2 Å². The van der Waals surface area contributed by atoms with E-state index in [1.165, 1.54) is 12.8 Å². The van der Waals surface area contributed by atoms with E-state index in [0.717, 1.165) is 23.2 Å². The maximum atomic E-state index is 5.92. The zero-order chi connectivity index (χ0) is 13.2. The van der Waals surface area contributed by atoms with Crippen LogP contribution in [0.1, 0.15) is 12.8 Å². The van der Waals surface area contributed by atoms with E-state index in [1.807, 2.05) is 36.2 Å². The van der Waals surface area contributed by atoms with E-state index in [-0.39, 0.29) is 6.10 Å². The molecule has 1 N–H and O–H groups in total. The van der Waals surface area contributed by atoms with Crippen molar-refractivity contribution >= 4 is 17.3 Å². The third kappa shape index (κ3) is 3.10. The summed E-state index contributed by atoms with van der Waals surface area (Å²) in [5, 5.41) is 4.12. The van der Waals surface area contributed by atoms with Gasteiger partial charge in [0.05, 0.1) is 6.54 Å². The summed E-state index contributed by atoms with van der Waals surface area (Å²) in [5.74, 6) is 1.63. The average Bonchev–Trinajstić information content (AvgIpc) is 3.22. The summed E-state index contributed by atoms with van der Waals surface area (Å²) in [7, 11) is 1.99. The predicted molar refractivity (Wildman–Crippen MR) is 77.7 cm³/mol. The lowest BCUT2D eigenvalue weighted by Crippen LogP contribution is -2.45. The smallest absolute Gasteiger partial charge is 0.169 e. The molecular formula is C14H18N2O2S. The zero-order valence-electron chi connectivity index (χ0n) is 11.0. The lowest BCUT2D eigenvalue weighted by Gasteiger charge is -2.30. The summed E-state index contributed by atoms with van der Waals surface area (Å²) in [6.45, 7) is 1.29. The number of hydrogen-bond acceptors (Lipinski definition) is 3. The highest BCUT2D eigenvalue weighted by Crippen LogP contribution is 2.30. The van der Waals surface area contributed by atoms with E-state index >= 15 is 0 Å². The Morgan fingerprint density at radius 1 is 1.37 bits per heavy atom. The normalized spacial score (nSPS) is 20.8. The summed E-state index contributed by atoms with van der Waals surface area (Å²) in [6.07, 6.45) is 2.47. The fraction of sp³-hybridized carbons (Fsp3) is 0.500. The first kappa shape index (κ1) is 12.5. The summed E-state index contributed by atoms with van der Waals surface area (Å²) >= 11 is 5.36. The van der Waals surface area contributed by atoms with Gasteiger partial charge in [0.1, 0.15) is 6.61 Å². The van der Waals surface area contributed by atoms with E-state index < -0.39 is 0 Å². The lowest BCUT2D eigenvalue weighted by molar-refractivity contribution is 0.0779. The van der Waals surface area contributed by atoms with E-state index in [4.69, 9.17) is 21.7 Å². The van der Waals surface area contributed by atoms with Gasteiger partial charge in [-0.1, -0.05) is 12.1 Å². The molecule has 0 radical (unpaired) electrons. The molecule has 1 unspecified atom stereocenters. The Kier molecular flexibility index (Phi) is 3.46. The Morgan fingerprint density at radius 2 is 2.11 bits per heavy atom. The number of fused-ring (bicyclic) bond motifs is 1. The molecule has 0 amide bonds.